The van der Waals surface area contributed by atoms with Crippen molar-refractivity contribution < 1.29 is 13.2 Å². The molecule has 0 aromatic carbocycles. The first-order chi connectivity index (χ1) is 5.04. The van der Waals surface area contributed by atoms with Gasteiger partial charge in [0.25, 0.3) is 0 Å². The Kier molecular flexibility index (Phi) is 1.90. The molecule has 0 aliphatic rings. The Labute approximate surface area is 63.6 Å². The predicted octanol–water partition coefficient (Wildman–Crippen LogP) is 1.89. The van der Waals surface area contributed by atoms with Crippen LogP contribution in [-0.2, 0) is 6.18 Å². The number of aliphatic imine (C=N–C) groups is 1. The van der Waals surface area contributed by atoms with Crippen LogP contribution in [0.25, 0.3) is 0 Å². The first kappa shape index (κ1) is 8.12. The number of hydrogen-bond acceptors (Lipinski definition) is 4. The van der Waals surface area contributed by atoms with E-state index in [2.05, 4.69) is 21.9 Å². The second kappa shape index (κ2) is 2.57. The van der Waals surface area contributed by atoms with Crippen LogP contribution in [-0.4, -0.2) is 16.9 Å². The Bertz CT molecular complexity index is 266. The average molecular weight is 181 g/mol. The Hall–Kier alpha value is -0.980. The highest BCUT2D eigenvalue weighted by Crippen LogP contribution is 2.33. The minimum absolute atomic E-state index is 0.0719. The van der Waals surface area contributed by atoms with Crippen LogP contribution in [0.5, 0.6) is 0 Å². The van der Waals surface area contributed by atoms with E-state index in [4.69, 9.17) is 0 Å². The molecule has 3 nitrogen and oxygen atoms in total. The summed E-state index contributed by atoms with van der Waals surface area (Å²) in [5.41, 5.74) is 0. The van der Waals surface area contributed by atoms with Crippen molar-refractivity contribution in [2.75, 3.05) is 0 Å². The van der Waals surface area contributed by atoms with Crippen molar-refractivity contribution in [3.63, 3.8) is 0 Å². The monoisotopic (exact) mass is 181 g/mol. The molecule has 0 spiro atoms. The summed E-state index contributed by atoms with van der Waals surface area (Å²) in [6.07, 6.45) is -4.43. The molecule has 0 radical (unpaired) electrons. The smallest absolute Gasteiger partial charge is 0.234 e. The minimum atomic E-state index is -4.43. The lowest BCUT2D eigenvalue weighted by Crippen LogP contribution is -2.03. The molecule has 60 valence electrons. The Morgan fingerprint density at radius 1 is 1.36 bits per heavy atom. The molecule has 0 aliphatic heterocycles. The van der Waals surface area contributed by atoms with E-state index in [1.807, 2.05) is 0 Å². The van der Waals surface area contributed by atoms with Gasteiger partial charge >= 0.3 is 6.18 Å². The number of hydrogen-bond donors (Lipinski definition) is 0. The van der Waals surface area contributed by atoms with Gasteiger partial charge in [-0.05, 0) is 6.72 Å². The highest BCUT2D eigenvalue weighted by Gasteiger charge is 2.35. The second-order valence-electron chi connectivity index (χ2n) is 1.55. The van der Waals surface area contributed by atoms with Gasteiger partial charge in [-0.25, -0.2) is 4.99 Å². The molecular weight excluding hydrogens is 179 g/mol. The summed E-state index contributed by atoms with van der Waals surface area (Å²) in [7, 11) is 0. The second-order valence-corrected chi connectivity index (χ2v) is 2.50. The van der Waals surface area contributed by atoms with Gasteiger partial charge in [-0.15, -0.1) is 10.2 Å². The largest absolute Gasteiger partial charge is 0.445 e. The zero-order valence-corrected chi connectivity index (χ0v) is 5.91. The molecule has 1 rings (SSSR count). The summed E-state index contributed by atoms with van der Waals surface area (Å²) in [4.78, 5) is 3.20. The average Bonchev–Trinajstić information content (AvgIpc) is 2.32. The van der Waals surface area contributed by atoms with E-state index >= 15 is 0 Å². The van der Waals surface area contributed by atoms with Crippen LogP contribution in [0.1, 0.15) is 5.01 Å². The first-order valence-corrected chi connectivity index (χ1v) is 3.23. The highest BCUT2D eigenvalue weighted by molar-refractivity contribution is 7.15. The van der Waals surface area contributed by atoms with Crippen molar-refractivity contribution in [3.8, 4) is 0 Å². The van der Waals surface area contributed by atoms with Gasteiger partial charge in [0.2, 0.25) is 10.1 Å². The SMILES string of the molecule is C=Nc1nnc(C(F)(F)F)s1. The third-order valence-corrected chi connectivity index (χ3v) is 1.69. The molecule has 1 aromatic heterocycles. The lowest BCUT2D eigenvalue weighted by Gasteiger charge is -1.96. The van der Waals surface area contributed by atoms with Crippen LogP contribution in [0.4, 0.5) is 18.3 Å². The van der Waals surface area contributed by atoms with Crippen molar-refractivity contribution in [1.29, 1.82) is 0 Å². The van der Waals surface area contributed by atoms with Crippen molar-refractivity contribution in [2.45, 2.75) is 6.18 Å². The molecule has 0 aliphatic carbocycles. The normalized spacial score (nSPS) is 11.5. The molecule has 0 N–H and O–H groups in total. The van der Waals surface area contributed by atoms with Crippen LogP contribution >= 0.6 is 11.3 Å². The van der Waals surface area contributed by atoms with Crippen LogP contribution in [0.3, 0.4) is 0 Å². The van der Waals surface area contributed by atoms with Crippen molar-refractivity contribution in [1.82, 2.24) is 10.2 Å². The van der Waals surface area contributed by atoms with E-state index in [0.29, 0.717) is 11.3 Å². The maximum absolute atomic E-state index is 11.8. The van der Waals surface area contributed by atoms with Gasteiger partial charge in [0, 0.05) is 0 Å². The van der Waals surface area contributed by atoms with Gasteiger partial charge < -0.3 is 0 Å². The summed E-state index contributed by atoms with van der Waals surface area (Å²) in [5.74, 6) is 0. The Balaban J connectivity index is 2.98. The third kappa shape index (κ3) is 1.73. The fourth-order valence-electron chi connectivity index (χ4n) is 0.394. The maximum Gasteiger partial charge on any atom is 0.445 e. The van der Waals surface area contributed by atoms with Crippen LogP contribution < -0.4 is 0 Å². The number of rotatable bonds is 1. The zero-order valence-electron chi connectivity index (χ0n) is 5.09. The zero-order chi connectivity index (χ0) is 8.48. The first-order valence-electron chi connectivity index (χ1n) is 2.41. The third-order valence-electron chi connectivity index (χ3n) is 0.792. The molecule has 0 bridgehead atoms. The van der Waals surface area contributed by atoms with Gasteiger partial charge in [0.1, 0.15) is 0 Å². The molecule has 0 fully saturated rings. The molecule has 0 amide bonds. The number of alkyl halides is 3. The molecule has 0 saturated heterocycles. The Morgan fingerprint density at radius 2 is 2.00 bits per heavy atom. The van der Waals surface area contributed by atoms with Gasteiger partial charge in [0.05, 0.1) is 0 Å². The van der Waals surface area contributed by atoms with E-state index in [1.165, 1.54) is 0 Å². The molecular formula is C4H2F3N3S. The topological polar surface area (TPSA) is 38.1 Å². The summed E-state index contributed by atoms with van der Waals surface area (Å²) in [6, 6.07) is 0. The van der Waals surface area contributed by atoms with Gasteiger partial charge in [-0.1, -0.05) is 11.3 Å². The quantitative estimate of drug-likeness (QED) is 0.620. The molecule has 0 atom stereocenters. The minimum Gasteiger partial charge on any atom is -0.234 e. The summed E-state index contributed by atoms with van der Waals surface area (Å²) in [5, 5.41) is 4.92. The molecule has 7 heteroatoms. The summed E-state index contributed by atoms with van der Waals surface area (Å²) >= 11 is 0.363. The number of nitrogens with zero attached hydrogens (tertiary/aromatic N) is 3. The number of aromatic nitrogens is 2. The van der Waals surface area contributed by atoms with Crippen LogP contribution in [0.2, 0.25) is 0 Å². The van der Waals surface area contributed by atoms with Gasteiger partial charge in [-0.3, -0.25) is 0 Å². The number of halogens is 3. The molecule has 11 heavy (non-hydrogen) atoms. The predicted molar refractivity (Wildman–Crippen MR) is 34.1 cm³/mol. The van der Waals surface area contributed by atoms with E-state index < -0.39 is 11.2 Å². The Morgan fingerprint density at radius 3 is 2.27 bits per heavy atom. The maximum atomic E-state index is 11.8. The van der Waals surface area contributed by atoms with E-state index in [1.54, 1.807) is 0 Å². The standard InChI is InChI=1S/C4H2F3N3S/c1-8-3-10-9-2(11-3)4(5,6)7/h1H2. The molecule has 0 unspecified atom stereocenters. The lowest BCUT2D eigenvalue weighted by atomic mass is 10.7. The van der Waals surface area contributed by atoms with Crippen molar-refractivity contribution in [3.05, 3.63) is 5.01 Å². The van der Waals surface area contributed by atoms with Crippen LogP contribution in [0.15, 0.2) is 4.99 Å². The van der Waals surface area contributed by atoms with E-state index in [0.717, 1.165) is 0 Å². The van der Waals surface area contributed by atoms with Crippen molar-refractivity contribution in [2.24, 2.45) is 4.99 Å². The highest BCUT2D eigenvalue weighted by atomic mass is 32.1. The fraction of sp³-hybridized carbons (Fsp3) is 0.250. The summed E-state index contributed by atoms with van der Waals surface area (Å²) in [6.45, 7) is 3.02. The molecule has 1 heterocycles. The van der Waals surface area contributed by atoms with Crippen LogP contribution in [0, 0.1) is 0 Å². The van der Waals surface area contributed by atoms with Crippen molar-refractivity contribution >= 4 is 23.2 Å². The van der Waals surface area contributed by atoms with E-state index in [9.17, 15) is 13.2 Å². The van der Waals surface area contributed by atoms with Gasteiger partial charge in [0.15, 0.2) is 0 Å². The lowest BCUT2D eigenvalue weighted by molar-refractivity contribution is -0.138. The van der Waals surface area contributed by atoms with E-state index in [-0.39, 0.29) is 5.13 Å². The van der Waals surface area contributed by atoms with Gasteiger partial charge in [-0.2, -0.15) is 13.2 Å². The molecule has 0 saturated carbocycles. The fourth-order valence-corrected chi connectivity index (χ4v) is 0.910. The molecule has 1 aromatic rings. The summed E-state index contributed by atoms with van der Waals surface area (Å²) < 4.78 is 35.4.